The smallest absolute Gasteiger partial charge is 0.281 e. The number of nitrogens with zero attached hydrogens (tertiary/aromatic N) is 3. The minimum Gasteiger partial charge on any atom is -0.351 e. The molecule has 184 valence electrons. The van der Waals surface area contributed by atoms with E-state index in [1.165, 1.54) is 12.1 Å². The second-order valence-electron chi connectivity index (χ2n) is 9.15. The Morgan fingerprint density at radius 1 is 1.14 bits per heavy atom. The van der Waals surface area contributed by atoms with Gasteiger partial charge in [0.05, 0.1) is 16.3 Å². The normalized spacial score (nSPS) is 17.3. The van der Waals surface area contributed by atoms with Crippen molar-refractivity contribution in [1.82, 2.24) is 14.7 Å². The molecule has 0 spiro atoms. The number of rotatable bonds is 6. The molecule has 1 aliphatic heterocycles. The number of pyridine rings is 2. The number of benzene rings is 1. The Kier molecular flexibility index (Phi) is 6.95. The number of carbonyl (C=O) groups is 1. The molecule has 1 atom stereocenters. The lowest BCUT2D eigenvalue weighted by molar-refractivity contribution is 0.0981. The number of anilines is 3. The summed E-state index contributed by atoms with van der Waals surface area (Å²) in [5.41, 5.74) is 0.469. The fraction of sp³-hybridized carbons (Fsp3) is 0.292. The van der Waals surface area contributed by atoms with E-state index in [-0.39, 0.29) is 21.9 Å². The van der Waals surface area contributed by atoms with E-state index >= 15 is 0 Å². The number of sulfonamides is 1. The molecule has 4 rings (SSSR count). The van der Waals surface area contributed by atoms with Gasteiger partial charge in [-0.25, -0.2) is 14.7 Å². The maximum atomic E-state index is 13.1. The Bertz CT molecular complexity index is 1380. The summed E-state index contributed by atoms with van der Waals surface area (Å²) in [5, 5.41) is 3.46. The van der Waals surface area contributed by atoms with Crippen molar-refractivity contribution in [2.45, 2.75) is 37.8 Å². The summed E-state index contributed by atoms with van der Waals surface area (Å²) >= 11 is 12.1. The first-order valence-corrected chi connectivity index (χ1v) is 13.2. The minimum atomic E-state index is -4.27. The average Bonchev–Trinajstić information content (AvgIpc) is 3.07. The predicted octanol–water partition coefficient (Wildman–Crippen LogP) is 5.27. The zero-order valence-electron chi connectivity index (χ0n) is 19.4. The molecule has 1 amide bonds. The summed E-state index contributed by atoms with van der Waals surface area (Å²) in [6.07, 6.45) is 2.53. The van der Waals surface area contributed by atoms with Crippen LogP contribution >= 0.6 is 23.2 Å². The van der Waals surface area contributed by atoms with Gasteiger partial charge in [-0.1, -0.05) is 36.2 Å². The molecule has 1 saturated heterocycles. The summed E-state index contributed by atoms with van der Waals surface area (Å²) in [4.78, 5) is 23.7. The lowest BCUT2D eigenvalue weighted by atomic mass is 9.97. The Morgan fingerprint density at radius 3 is 2.60 bits per heavy atom. The van der Waals surface area contributed by atoms with E-state index in [1.807, 2.05) is 0 Å². The Labute approximate surface area is 214 Å². The van der Waals surface area contributed by atoms with Crippen LogP contribution in [-0.4, -0.2) is 36.4 Å². The Balaban J connectivity index is 1.58. The molecule has 11 heteroatoms. The Hall–Kier alpha value is -2.88. The van der Waals surface area contributed by atoms with E-state index in [4.69, 9.17) is 23.2 Å². The van der Waals surface area contributed by atoms with Crippen LogP contribution < -0.4 is 14.9 Å². The third-order valence-electron chi connectivity index (χ3n) is 5.78. The van der Waals surface area contributed by atoms with Crippen molar-refractivity contribution in [1.29, 1.82) is 0 Å². The van der Waals surface area contributed by atoms with E-state index in [9.17, 15) is 13.2 Å². The summed E-state index contributed by atoms with van der Waals surface area (Å²) in [7, 11) is -4.27. The monoisotopic (exact) mass is 533 g/mol. The predicted molar refractivity (Wildman–Crippen MR) is 138 cm³/mol. The molecule has 0 aliphatic carbocycles. The molecule has 0 bridgehead atoms. The third kappa shape index (κ3) is 5.52. The van der Waals surface area contributed by atoms with Gasteiger partial charge in [0.2, 0.25) is 0 Å². The zero-order valence-corrected chi connectivity index (χ0v) is 21.7. The first-order chi connectivity index (χ1) is 16.5. The SMILES string of the molecule is CC1CN(c2ncccc2C(=O)NS(=O)(=O)c2cccc(Nc3ccc(Cl)cc3Cl)n2)C(C)(C)C1. The summed E-state index contributed by atoms with van der Waals surface area (Å²) < 4.78 is 28.2. The summed E-state index contributed by atoms with van der Waals surface area (Å²) in [5.74, 6) is 0.333. The number of nitrogens with one attached hydrogen (secondary N) is 2. The van der Waals surface area contributed by atoms with Gasteiger partial charge in [-0.15, -0.1) is 0 Å². The number of carbonyl (C=O) groups excluding carboxylic acids is 1. The highest BCUT2D eigenvalue weighted by atomic mass is 35.5. The highest BCUT2D eigenvalue weighted by Gasteiger charge is 2.39. The van der Waals surface area contributed by atoms with Crippen LogP contribution in [0.1, 0.15) is 37.6 Å². The van der Waals surface area contributed by atoms with Gasteiger partial charge in [-0.05, 0) is 68.7 Å². The Morgan fingerprint density at radius 2 is 1.91 bits per heavy atom. The number of halogens is 2. The minimum absolute atomic E-state index is 0.181. The van der Waals surface area contributed by atoms with Crippen molar-refractivity contribution in [2.75, 3.05) is 16.8 Å². The first-order valence-electron chi connectivity index (χ1n) is 11.0. The molecule has 1 unspecified atom stereocenters. The lowest BCUT2D eigenvalue weighted by Gasteiger charge is -2.33. The summed E-state index contributed by atoms with van der Waals surface area (Å²) in [6.45, 7) is 7.02. The molecular weight excluding hydrogens is 509 g/mol. The van der Waals surface area contributed by atoms with Gasteiger partial charge in [-0.2, -0.15) is 8.42 Å². The number of hydrogen-bond acceptors (Lipinski definition) is 7. The van der Waals surface area contributed by atoms with Crippen LogP contribution in [0.3, 0.4) is 0 Å². The highest BCUT2D eigenvalue weighted by molar-refractivity contribution is 7.90. The van der Waals surface area contributed by atoms with Gasteiger partial charge in [0, 0.05) is 23.3 Å². The quantitative estimate of drug-likeness (QED) is 0.444. The van der Waals surface area contributed by atoms with Gasteiger partial charge in [0.15, 0.2) is 5.03 Å². The molecule has 2 N–H and O–H groups in total. The van der Waals surface area contributed by atoms with E-state index in [1.54, 1.807) is 42.6 Å². The van der Waals surface area contributed by atoms with Crippen molar-refractivity contribution >= 4 is 56.5 Å². The van der Waals surface area contributed by atoms with Crippen LogP contribution in [0.25, 0.3) is 0 Å². The number of aromatic nitrogens is 2. The zero-order chi connectivity index (χ0) is 25.4. The topological polar surface area (TPSA) is 104 Å². The van der Waals surface area contributed by atoms with E-state index < -0.39 is 15.9 Å². The van der Waals surface area contributed by atoms with Gasteiger partial charge in [0.1, 0.15) is 11.6 Å². The maximum Gasteiger partial charge on any atom is 0.281 e. The molecule has 8 nitrogen and oxygen atoms in total. The molecule has 1 fully saturated rings. The number of amides is 1. The fourth-order valence-corrected chi connectivity index (χ4v) is 5.73. The van der Waals surface area contributed by atoms with E-state index in [0.717, 1.165) is 13.0 Å². The van der Waals surface area contributed by atoms with Gasteiger partial charge in [-0.3, -0.25) is 4.79 Å². The molecule has 1 aliphatic rings. The van der Waals surface area contributed by atoms with Crippen molar-refractivity contribution in [2.24, 2.45) is 5.92 Å². The standard InChI is InChI=1S/C24H25Cl2N5O3S/c1-15-13-24(2,3)31(14-15)22-17(6-5-11-27-22)23(32)30-35(33,34)21-8-4-7-20(29-21)28-19-10-9-16(25)12-18(19)26/h4-12,15H,13-14H2,1-3H3,(H,28,29)(H,30,32). The van der Waals surface area contributed by atoms with Crippen LogP contribution in [0.2, 0.25) is 10.0 Å². The molecule has 3 heterocycles. The van der Waals surface area contributed by atoms with Gasteiger partial charge in [0.25, 0.3) is 15.9 Å². The molecule has 0 radical (unpaired) electrons. The van der Waals surface area contributed by atoms with Crippen molar-refractivity contribution in [3.05, 3.63) is 70.3 Å². The van der Waals surface area contributed by atoms with Gasteiger partial charge >= 0.3 is 0 Å². The largest absolute Gasteiger partial charge is 0.351 e. The van der Waals surface area contributed by atoms with Crippen molar-refractivity contribution < 1.29 is 13.2 Å². The van der Waals surface area contributed by atoms with Crippen LogP contribution in [0.15, 0.2) is 59.8 Å². The average molecular weight is 534 g/mol. The molecule has 35 heavy (non-hydrogen) atoms. The highest BCUT2D eigenvalue weighted by Crippen LogP contribution is 2.37. The third-order valence-corrected chi connectivity index (χ3v) is 7.56. The molecule has 3 aromatic rings. The molecule has 2 aromatic heterocycles. The second kappa shape index (κ2) is 9.64. The lowest BCUT2D eigenvalue weighted by Crippen LogP contribution is -2.41. The molecular formula is C24H25Cl2N5O3S. The summed E-state index contributed by atoms with van der Waals surface area (Å²) in [6, 6.07) is 12.4. The van der Waals surface area contributed by atoms with Crippen LogP contribution in [0, 0.1) is 5.92 Å². The van der Waals surface area contributed by atoms with Crippen LogP contribution in [0.4, 0.5) is 17.3 Å². The van der Waals surface area contributed by atoms with Crippen molar-refractivity contribution in [3.8, 4) is 0 Å². The molecule has 0 saturated carbocycles. The second-order valence-corrected chi connectivity index (χ2v) is 11.6. The van der Waals surface area contributed by atoms with E-state index in [0.29, 0.717) is 27.5 Å². The van der Waals surface area contributed by atoms with Crippen LogP contribution in [0.5, 0.6) is 0 Å². The van der Waals surface area contributed by atoms with Crippen molar-refractivity contribution in [3.63, 3.8) is 0 Å². The molecule has 1 aromatic carbocycles. The number of hydrogen-bond donors (Lipinski definition) is 2. The fourth-order valence-electron chi connectivity index (χ4n) is 4.34. The van der Waals surface area contributed by atoms with Gasteiger partial charge < -0.3 is 10.2 Å². The van der Waals surface area contributed by atoms with Crippen LogP contribution in [-0.2, 0) is 10.0 Å². The van der Waals surface area contributed by atoms with E-state index in [2.05, 4.69) is 45.7 Å². The maximum absolute atomic E-state index is 13.1. The first kappa shape index (κ1) is 25.2.